The molecule has 0 fully saturated rings. The maximum absolute atomic E-state index is 13.1. The number of ether oxygens (including phenoxy) is 3. The van der Waals surface area contributed by atoms with Crippen molar-refractivity contribution in [3.8, 4) is 11.5 Å². The molecule has 7 nitrogen and oxygen atoms in total. The molecular weight excluding hydrogens is 334 g/mol. The molecule has 138 valence electrons. The number of amides is 1. The summed E-state index contributed by atoms with van der Waals surface area (Å²) in [6.07, 6.45) is 4.47. The van der Waals surface area contributed by atoms with Gasteiger partial charge in [-0.05, 0) is 25.1 Å². The molecule has 2 aliphatic rings. The van der Waals surface area contributed by atoms with E-state index in [1.54, 1.807) is 12.1 Å². The molecule has 1 atom stereocenters. The molecular formula is C19H23N3O4. The summed E-state index contributed by atoms with van der Waals surface area (Å²) in [6, 6.07) is 5.48. The summed E-state index contributed by atoms with van der Waals surface area (Å²) in [4.78, 5) is 19.2. The third-order valence-corrected chi connectivity index (χ3v) is 4.72. The molecule has 0 unspecified atom stereocenters. The molecule has 4 rings (SSSR count). The van der Waals surface area contributed by atoms with Crippen LogP contribution in [0.1, 0.15) is 35.4 Å². The molecule has 0 spiro atoms. The van der Waals surface area contributed by atoms with Gasteiger partial charge in [0.15, 0.2) is 11.5 Å². The second-order valence-electron chi connectivity index (χ2n) is 6.50. The molecule has 7 heteroatoms. The average molecular weight is 357 g/mol. The van der Waals surface area contributed by atoms with E-state index in [1.165, 1.54) is 0 Å². The zero-order valence-corrected chi connectivity index (χ0v) is 14.9. The van der Waals surface area contributed by atoms with Gasteiger partial charge < -0.3 is 23.7 Å². The smallest absolute Gasteiger partial charge is 0.254 e. The van der Waals surface area contributed by atoms with Crippen LogP contribution in [0.25, 0.3) is 0 Å². The van der Waals surface area contributed by atoms with Crippen LogP contribution < -0.4 is 9.47 Å². The van der Waals surface area contributed by atoms with Crippen LogP contribution in [-0.2, 0) is 11.3 Å². The molecule has 26 heavy (non-hydrogen) atoms. The fourth-order valence-electron chi connectivity index (χ4n) is 3.41. The van der Waals surface area contributed by atoms with Crippen molar-refractivity contribution in [2.75, 3.05) is 33.0 Å². The number of hydrogen-bond donors (Lipinski definition) is 0. The van der Waals surface area contributed by atoms with Crippen LogP contribution in [0, 0.1) is 0 Å². The largest absolute Gasteiger partial charge is 0.490 e. The van der Waals surface area contributed by atoms with Crippen molar-refractivity contribution >= 4 is 5.91 Å². The van der Waals surface area contributed by atoms with Crippen LogP contribution in [0.3, 0.4) is 0 Å². The monoisotopic (exact) mass is 357 g/mol. The molecule has 1 amide bonds. The molecule has 1 aromatic heterocycles. The number of carbonyl (C=O) groups is 1. The Balaban J connectivity index is 1.56. The average Bonchev–Trinajstić information content (AvgIpc) is 3.02. The highest BCUT2D eigenvalue weighted by Gasteiger charge is 2.29. The lowest BCUT2D eigenvalue weighted by Crippen LogP contribution is -2.42. The highest BCUT2D eigenvalue weighted by molar-refractivity contribution is 5.95. The van der Waals surface area contributed by atoms with E-state index >= 15 is 0 Å². The van der Waals surface area contributed by atoms with Gasteiger partial charge in [-0.25, -0.2) is 4.98 Å². The van der Waals surface area contributed by atoms with Crippen LogP contribution in [0.5, 0.6) is 11.5 Å². The summed E-state index contributed by atoms with van der Waals surface area (Å²) in [7, 11) is 0. The van der Waals surface area contributed by atoms with Crippen molar-refractivity contribution in [2.45, 2.75) is 25.9 Å². The fraction of sp³-hybridized carbons (Fsp3) is 0.474. The Morgan fingerprint density at radius 3 is 3.00 bits per heavy atom. The number of hydrogen-bond acceptors (Lipinski definition) is 5. The van der Waals surface area contributed by atoms with Crippen molar-refractivity contribution in [3.05, 3.63) is 42.0 Å². The van der Waals surface area contributed by atoms with Crippen molar-refractivity contribution in [1.29, 1.82) is 0 Å². The first-order valence-corrected chi connectivity index (χ1v) is 9.03. The zero-order chi connectivity index (χ0) is 17.9. The summed E-state index contributed by atoms with van der Waals surface area (Å²) in [5.74, 6) is 1.32. The third-order valence-electron chi connectivity index (χ3n) is 4.72. The SMILES string of the molecule is CCOC[C@H]1CN(C(=O)c2ccc3c(c2)OCCCO3)Cc2cncn21. The highest BCUT2D eigenvalue weighted by atomic mass is 16.5. The first-order chi connectivity index (χ1) is 12.8. The first kappa shape index (κ1) is 16.9. The quantitative estimate of drug-likeness (QED) is 0.840. The minimum atomic E-state index is -0.0189. The molecule has 3 heterocycles. The summed E-state index contributed by atoms with van der Waals surface area (Å²) < 4.78 is 19.1. The summed E-state index contributed by atoms with van der Waals surface area (Å²) in [6.45, 7) is 5.55. The Hall–Kier alpha value is -2.54. The maximum atomic E-state index is 13.1. The zero-order valence-electron chi connectivity index (χ0n) is 14.9. The van der Waals surface area contributed by atoms with E-state index in [0.29, 0.717) is 56.6 Å². The molecule has 1 aromatic carbocycles. The lowest BCUT2D eigenvalue weighted by molar-refractivity contribution is 0.0544. The number of benzene rings is 1. The standard InChI is InChI=1S/C19H23N3O4/c1-2-24-12-16-11-21(10-15-9-20-13-22(15)16)19(23)14-4-5-17-18(8-14)26-7-3-6-25-17/h4-5,8-9,13,16H,2-3,6-7,10-12H2,1H3/t16-/m1/s1. The molecule has 0 N–H and O–H groups in total. The molecule has 0 saturated heterocycles. The normalized spacial score (nSPS) is 19.0. The van der Waals surface area contributed by atoms with E-state index in [1.807, 2.05) is 30.4 Å². The predicted molar refractivity (Wildman–Crippen MR) is 94.5 cm³/mol. The summed E-state index contributed by atoms with van der Waals surface area (Å²) in [5, 5.41) is 0. The lowest BCUT2D eigenvalue weighted by atomic mass is 10.1. The Morgan fingerprint density at radius 2 is 2.15 bits per heavy atom. The molecule has 0 aliphatic carbocycles. The number of rotatable bonds is 4. The second-order valence-corrected chi connectivity index (χ2v) is 6.50. The van der Waals surface area contributed by atoms with Crippen LogP contribution in [0.4, 0.5) is 0 Å². The van der Waals surface area contributed by atoms with E-state index in [0.717, 1.165) is 12.1 Å². The Bertz CT molecular complexity index is 789. The van der Waals surface area contributed by atoms with Gasteiger partial charge in [0.25, 0.3) is 5.91 Å². The van der Waals surface area contributed by atoms with Crippen LogP contribution >= 0.6 is 0 Å². The Kier molecular flexibility index (Phi) is 4.79. The van der Waals surface area contributed by atoms with Crippen LogP contribution in [-0.4, -0.2) is 53.3 Å². The van der Waals surface area contributed by atoms with Gasteiger partial charge in [0.05, 0.1) is 44.4 Å². The van der Waals surface area contributed by atoms with Gasteiger partial charge in [-0.15, -0.1) is 0 Å². The molecule has 0 bridgehead atoms. The van der Waals surface area contributed by atoms with E-state index in [4.69, 9.17) is 14.2 Å². The number of aromatic nitrogens is 2. The molecule has 0 saturated carbocycles. The topological polar surface area (TPSA) is 65.8 Å². The molecule has 2 aromatic rings. The molecule has 2 aliphatic heterocycles. The van der Waals surface area contributed by atoms with Gasteiger partial charge in [-0.3, -0.25) is 4.79 Å². The van der Waals surface area contributed by atoms with Crippen LogP contribution in [0.2, 0.25) is 0 Å². The van der Waals surface area contributed by atoms with Crippen LogP contribution in [0.15, 0.2) is 30.7 Å². The summed E-state index contributed by atoms with van der Waals surface area (Å²) in [5.41, 5.74) is 1.63. The third kappa shape index (κ3) is 3.26. The van der Waals surface area contributed by atoms with Gasteiger partial charge >= 0.3 is 0 Å². The highest BCUT2D eigenvalue weighted by Crippen LogP contribution is 2.31. The number of fused-ring (bicyclic) bond motifs is 2. The summed E-state index contributed by atoms with van der Waals surface area (Å²) >= 11 is 0. The van der Waals surface area contributed by atoms with Gasteiger partial charge in [0.2, 0.25) is 0 Å². The first-order valence-electron chi connectivity index (χ1n) is 9.03. The van der Waals surface area contributed by atoms with E-state index in [9.17, 15) is 4.79 Å². The molecule has 0 radical (unpaired) electrons. The minimum absolute atomic E-state index is 0.0189. The van der Waals surface area contributed by atoms with E-state index < -0.39 is 0 Å². The van der Waals surface area contributed by atoms with Gasteiger partial charge in [-0.1, -0.05) is 0 Å². The van der Waals surface area contributed by atoms with Gasteiger partial charge in [0, 0.05) is 31.3 Å². The predicted octanol–water partition coefficient (Wildman–Crippen LogP) is 2.28. The van der Waals surface area contributed by atoms with Crippen molar-refractivity contribution < 1.29 is 19.0 Å². The Labute approximate surface area is 152 Å². The van der Waals surface area contributed by atoms with Crippen molar-refractivity contribution in [1.82, 2.24) is 14.5 Å². The Morgan fingerprint density at radius 1 is 1.31 bits per heavy atom. The minimum Gasteiger partial charge on any atom is -0.490 e. The lowest BCUT2D eigenvalue weighted by Gasteiger charge is -2.34. The van der Waals surface area contributed by atoms with E-state index in [-0.39, 0.29) is 11.9 Å². The number of nitrogens with zero attached hydrogens (tertiary/aromatic N) is 3. The van der Waals surface area contributed by atoms with Crippen molar-refractivity contribution in [2.24, 2.45) is 0 Å². The van der Waals surface area contributed by atoms with Gasteiger partial charge in [-0.2, -0.15) is 0 Å². The maximum Gasteiger partial charge on any atom is 0.254 e. The number of imidazole rings is 1. The van der Waals surface area contributed by atoms with Gasteiger partial charge in [0.1, 0.15) is 0 Å². The van der Waals surface area contributed by atoms with E-state index in [2.05, 4.69) is 9.55 Å². The number of carbonyl (C=O) groups excluding carboxylic acids is 1. The second kappa shape index (κ2) is 7.37. The van der Waals surface area contributed by atoms with Crippen molar-refractivity contribution in [3.63, 3.8) is 0 Å². The fourth-order valence-corrected chi connectivity index (χ4v) is 3.41.